The Bertz CT molecular complexity index is 231. The van der Waals surface area contributed by atoms with E-state index < -0.39 is 36.7 Å². The van der Waals surface area contributed by atoms with Crippen molar-refractivity contribution in [1.29, 1.82) is 0 Å². The van der Waals surface area contributed by atoms with Crippen LogP contribution in [0.5, 0.6) is 0 Å². The van der Waals surface area contributed by atoms with Gasteiger partial charge in [0.15, 0.2) is 12.4 Å². The summed E-state index contributed by atoms with van der Waals surface area (Å²) in [5.41, 5.74) is 0. The van der Waals surface area contributed by atoms with Crippen molar-refractivity contribution in [2.24, 2.45) is 0 Å². The van der Waals surface area contributed by atoms with Crippen molar-refractivity contribution in [2.75, 3.05) is 6.61 Å². The summed E-state index contributed by atoms with van der Waals surface area (Å²) in [4.78, 5) is 10.6. The minimum absolute atomic E-state index is 0.191. The maximum atomic E-state index is 10.6. The molecule has 5 atom stereocenters. The Balaban J connectivity index is 2.75. The minimum atomic E-state index is -1.67. The van der Waals surface area contributed by atoms with Gasteiger partial charge in [0.1, 0.15) is 18.3 Å². The van der Waals surface area contributed by atoms with Gasteiger partial charge < -0.3 is 29.9 Å². The molecule has 1 rings (SSSR count). The number of carboxylic acid groups (broad SMARTS) is 1. The molecule has 7 nitrogen and oxygen atoms in total. The van der Waals surface area contributed by atoms with Crippen LogP contribution in [0.1, 0.15) is 6.92 Å². The number of hydrogen-bond donors (Lipinski definition) is 4. The second-order valence-corrected chi connectivity index (χ2v) is 3.19. The highest BCUT2D eigenvalue weighted by atomic mass is 16.7. The fourth-order valence-electron chi connectivity index (χ4n) is 1.35. The fourth-order valence-corrected chi connectivity index (χ4v) is 1.35. The molecule has 0 aromatic carbocycles. The Morgan fingerprint density at radius 3 is 2.33 bits per heavy atom. The van der Waals surface area contributed by atoms with Crippen LogP contribution in [0.4, 0.5) is 0 Å². The van der Waals surface area contributed by atoms with Gasteiger partial charge in [0.2, 0.25) is 0 Å². The van der Waals surface area contributed by atoms with Gasteiger partial charge in [0, 0.05) is 6.61 Å². The molecule has 1 saturated heterocycles. The Morgan fingerprint density at radius 1 is 1.27 bits per heavy atom. The molecule has 0 radical (unpaired) electrons. The zero-order valence-corrected chi connectivity index (χ0v) is 8.11. The minimum Gasteiger partial charge on any atom is -0.479 e. The number of aliphatic carboxylic acids is 1. The van der Waals surface area contributed by atoms with Crippen molar-refractivity contribution < 1.29 is 34.7 Å². The molecule has 1 fully saturated rings. The Kier molecular flexibility index (Phi) is 4.00. The zero-order chi connectivity index (χ0) is 11.6. The van der Waals surface area contributed by atoms with Crippen LogP contribution in [0.2, 0.25) is 0 Å². The van der Waals surface area contributed by atoms with Crippen LogP contribution in [-0.2, 0) is 14.3 Å². The maximum absolute atomic E-state index is 10.6. The molecule has 7 heteroatoms. The number of carboxylic acids is 1. The highest BCUT2D eigenvalue weighted by molar-refractivity contribution is 5.73. The average Bonchev–Trinajstić information content (AvgIpc) is 2.18. The number of aliphatic hydroxyl groups is 3. The Hall–Kier alpha value is -0.730. The summed E-state index contributed by atoms with van der Waals surface area (Å²) in [6, 6.07) is 0. The average molecular weight is 222 g/mol. The molecule has 1 aliphatic rings. The van der Waals surface area contributed by atoms with Crippen LogP contribution in [-0.4, -0.2) is 63.7 Å². The quantitative estimate of drug-likeness (QED) is 0.432. The summed E-state index contributed by atoms with van der Waals surface area (Å²) >= 11 is 0. The lowest BCUT2D eigenvalue weighted by atomic mass is 9.99. The lowest BCUT2D eigenvalue weighted by Gasteiger charge is -2.38. The standard InChI is InChI=1S/C8H14O7/c1-2-14-8-5(11)3(9)4(10)6(15-8)7(12)13/h3-6,8-11H,2H2,1H3,(H,12,13)/t3?,4-,5?,6?,8+/m0/s1. The van der Waals surface area contributed by atoms with Crippen molar-refractivity contribution >= 4 is 5.97 Å². The summed E-state index contributed by atoms with van der Waals surface area (Å²) in [5, 5.41) is 36.7. The van der Waals surface area contributed by atoms with Gasteiger partial charge in [0.25, 0.3) is 0 Å². The Labute approximate surface area is 85.9 Å². The number of hydrogen-bond acceptors (Lipinski definition) is 6. The topological polar surface area (TPSA) is 116 Å². The molecule has 0 aliphatic carbocycles. The third-order valence-corrected chi connectivity index (χ3v) is 2.14. The summed E-state index contributed by atoms with van der Waals surface area (Å²) in [7, 11) is 0. The summed E-state index contributed by atoms with van der Waals surface area (Å²) < 4.78 is 9.69. The molecule has 0 spiro atoms. The molecule has 0 amide bonds. The number of carbonyl (C=O) groups is 1. The van der Waals surface area contributed by atoms with Crippen LogP contribution in [0.25, 0.3) is 0 Å². The van der Waals surface area contributed by atoms with Gasteiger partial charge in [-0.15, -0.1) is 0 Å². The normalized spacial score (nSPS) is 41.5. The predicted molar refractivity (Wildman–Crippen MR) is 45.9 cm³/mol. The van der Waals surface area contributed by atoms with E-state index in [0.717, 1.165) is 0 Å². The van der Waals surface area contributed by atoms with E-state index in [-0.39, 0.29) is 6.61 Å². The molecular formula is C8H14O7. The zero-order valence-electron chi connectivity index (χ0n) is 8.11. The third-order valence-electron chi connectivity index (χ3n) is 2.14. The van der Waals surface area contributed by atoms with Crippen LogP contribution in [0.15, 0.2) is 0 Å². The van der Waals surface area contributed by atoms with E-state index in [1.807, 2.05) is 0 Å². The molecule has 0 aromatic rings. The lowest BCUT2D eigenvalue weighted by molar-refractivity contribution is -0.292. The Morgan fingerprint density at radius 2 is 1.87 bits per heavy atom. The number of aliphatic hydroxyl groups excluding tert-OH is 3. The first kappa shape index (κ1) is 12.3. The molecule has 1 aliphatic heterocycles. The lowest BCUT2D eigenvalue weighted by Crippen LogP contribution is -2.60. The number of ether oxygens (including phenoxy) is 2. The second kappa shape index (κ2) is 4.86. The predicted octanol–water partition coefficient (Wildman–Crippen LogP) is -2.08. The van der Waals surface area contributed by atoms with E-state index in [1.54, 1.807) is 6.92 Å². The highest BCUT2D eigenvalue weighted by Gasteiger charge is 2.47. The van der Waals surface area contributed by atoms with E-state index in [2.05, 4.69) is 0 Å². The monoisotopic (exact) mass is 222 g/mol. The van der Waals surface area contributed by atoms with Crippen LogP contribution < -0.4 is 0 Å². The van der Waals surface area contributed by atoms with Gasteiger partial charge >= 0.3 is 5.97 Å². The van der Waals surface area contributed by atoms with E-state index in [9.17, 15) is 20.1 Å². The van der Waals surface area contributed by atoms with E-state index >= 15 is 0 Å². The SMILES string of the molecule is CCO[C@@H]1OC(C(=O)O)[C@@H](O)C(O)C1O. The largest absolute Gasteiger partial charge is 0.479 e. The first-order valence-electron chi connectivity index (χ1n) is 4.53. The van der Waals surface area contributed by atoms with Gasteiger partial charge in [-0.2, -0.15) is 0 Å². The molecule has 0 saturated carbocycles. The first-order chi connectivity index (χ1) is 6.99. The summed E-state index contributed by atoms with van der Waals surface area (Å²) in [6.45, 7) is 1.82. The third kappa shape index (κ3) is 2.44. The molecule has 4 N–H and O–H groups in total. The highest BCUT2D eigenvalue weighted by Crippen LogP contribution is 2.22. The van der Waals surface area contributed by atoms with Crippen molar-refractivity contribution in [3.63, 3.8) is 0 Å². The van der Waals surface area contributed by atoms with Crippen molar-refractivity contribution in [1.82, 2.24) is 0 Å². The van der Waals surface area contributed by atoms with E-state index in [4.69, 9.17) is 14.6 Å². The molecule has 15 heavy (non-hydrogen) atoms. The fraction of sp³-hybridized carbons (Fsp3) is 0.875. The van der Waals surface area contributed by atoms with Gasteiger partial charge in [0.05, 0.1) is 0 Å². The molecule has 3 unspecified atom stereocenters. The van der Waals surface area contributed by atoms with Crippen molar-refractivity contribution in [3.8, 4) is 0 Å². The van der Waals surface area contributed by atoms with Gasteiger partial charge in [-0.3, -0.25) is 0 Å². The van der Waals surface area contributed by atoms with Gasteiger partial charge in [-0.25, -0.2) is 4.79 Å². The second-order valence-electron chi connectivity index (χ2n) is 3.19. The summed E-state index contributed by atoms with van der Waals surface area (Å²) in [5.74, 6) is -1.42. The maximum Gasteiger partial charge on any atom is 0.335 e. The van der Waals surface area contributed by atoms with Crippen molar-refractivity contribution in [3.05, 3.63) is 0 Å². The van der Waals surface area contributed by atoms with Gasteiger partial charge in [-0.05, 0) is 6.92 Å². The van der Waals surface area contributed by atoms with Crippen LogP contribution in [0, 0.1) is 0 Å². The molecule has 0 aromatic heterocycles. The molecule has 88 valence electrons. The van der Waals surface area contributed by atoms with Crippen LogP contribution in [0.3, 0.4) is 0 Å². The number of rotatable bonds is 3. The van der Waals surface area contributed by atoms with E-state index in [0.29, 0.717) is 0 Å². The molecular weight excluding hydrogens is 208 g/mol. The molecule has 1 heterocycles. The van der Waals surface area contributed by atoms with E-state index in [1.165, 1.54) is 0 Å². The first-order valence-corrected chi connectivity index (χ1v) is 4.53. The van der Waals surface area contributed by atoms with Crippen molar-refractivity contribution in [2.45, 2.75) is 37.6 Å². The van der Waals surface area contributed by atoms with Gasteiger partial charge in [-0.1, -0.05) is 0 Å². The smallest absolute Gasteiger partial charge is 0.335 e. The van der Waals surface area contributed by atoms with Crippen LogP contribution >= 0.6 is 0 Å². The summed E-state index contributed by atoms with van der Waals surface area (Å²) in [6.07, 6.45) is -7.57. The molecule has 0 bridgehead atoms.